The van der Waals surface area contributed by atoms with E-state index in [2.05, 4.69) is 20.8 Å². The Bertz CT molecular complexity index is 1140. The highest BCUT2D eigenvalue weighted by atomic mass is 32.2. The van der Waals surface area contributed by atoms with E-state index in [9.17, 15) is 13.2 Å². The van der Waals surface area contributed by atoms with Gasteiger partial charge in [-0.25, -0.2) is 13.1 Å². The van der Waals surface area contributed by atoms with Crippen LogP contribution in [0.25, 0.3) is 0 Å². The predicted octanol–water partition coefficient (Wildman–Crippen LogP) is 1.92. The largest absolute Gasteiger partial charge is 0.379 e. The molecule has 1 fully saturated rings. The molecule has 32 heavy (non-hydrogen) atoms. The predicted molar refractivity (Wildman–Crippen MR) is 121 cm³/mol. The third kappa shape index (κ3) is 5.35. The smallest absolute Gasteiger partial charge is 0.243 e. The molecular weight excluding hydrogens is 472 g/mol. The highest BCUT2D eigenvalue weighted by molar-refractivity contribution is 8.00. The number of ether oxygens (including phenoxy) is 1. The molecule has 13 heteroatoms. The molecule has 170 valence electrons. The average Bonchev–Trinajstić information content (AvgIpc) is 3.47. The van der Waals surface area contributed by atoms with Crippen molar-refractivity contribution in [1.82, 2.24) is 24.5 Å². The van der Waals surface area contributed by atoms with Crippen LogP contribution in [0.15, 0.2) is 51.8 Å². The maximum atomic E-state index is 12.7. The van der Waals surface area contributed by atoms with E-state index in [0.29, 0.717) is 43.7 Å². The van der Waals surface area contributed by atoms with Gasteiger partial charge in [-0.1, -0.05) is 17.8 Å². The molecule has 1 amide bonds. The molecule has 0 spiro atoms. The van der Waals surface area contributed by atoms with Gasteiger partial charge in [0.2, 0.25) is 21.1 Å². The van der Waals surface area contributed by atoms with Gasteiger partial charge in [0, 0.05) is 23.7 Å². The molecule has 10 nitrogen and oxygen atoms in total. The molecule has 4 rings (SSSR count). The number of carbonyl (C=O) groups is 1. The van der Waals surface area contributed by atoms with Crippen molar-refractivity contribution in [3.8, 4) is 0 Å². The van der Waals surface area contributed by atoms with Gasteiger partial charge in [-0.2, -0.15) is 4.31 Å². The summed E-state index contributed by atoms with van der Waals surface area (Å²) in [5, 5.41) is 16.6. The highest BCUT2D eigenvalue weighted by Crippen LogP contribution is 2.24. The first-order valence-corrected chi connectivity index (χ1v) is 13.1. The number of nitrogens with zero attached hydrogens (tertiary/aromatic N) is 5. The van der Waals surface area contributed by atoms with Gasteiger partial charge in [-0.05, 0) is 53.1 Å². The van der Waals surface area contributed by atoms with Gasteiger partial charge in [0.25, 0.3) is 0 Å². The fraction of sp³-hybridized carbons (Fsp3) is 0.368. The standard InChI is InChI=1S/C19H22N6O4S3/c1-14(31-19-21-22-23-25(19)13-16-3-2-12-30-16)18(26)20-15-4-6-17(7-5-15)32(27,28)24-8-10-29-11-9-24/h2-7,12,14H,8-11,13H2,1H3,(H,20,26)/t14-/m0/s1. The molecule has 1 aliphatic heterocycles. The van der Waals surface area contributed by atoms with Gasteiger partial charge in [0.1, 0.15) is 0 Å². The zero-order chi connectivity index (χ0) is 22.6. The van der Waals surface area contributed by atoms with E-state index in [0.717, 1.165) is 4.88 Å². The van der Waals surface area contributed by atoms with Crippen molar-refractivity contribution < 1.29 is 17.9 Å². The molecule has 0 saturated carbocycles. The summed E-state index contributed by atoms with van der Waals surface area (Å²) in [4.78, 5) is 13.9. The fourth-order valence-corrected chi connectivity index (χ4v) is 5.91. The number of amides is 1. The Labute approximate surface area is 194 Å². The molecule has 1 atom stereocenters. The van der Waals surface area contributed by atoms with E-state index in [1.54, 1.807) is 35.1 Å². The van der Waals surface area contributed by atoms with Crippen molar-refractivity contribution in [2.45, 2.75) is 28.8 Å². The van der Waals surface area contributed by atoms with Gasteiger partial charge in [0.05, 0.1) is 29.9 Å². The van der Waals surface area contributed by atoms with Crippen molar-refractivity contribution >= 4 is 44.7 Å². The van der Waals surface area contributed by atoms with E-state index >= 15 is 0 Å². The Morgan fingerprint density at radius 3 is 2.69 bits per heavy atom. The third-order valence-electron chi connectivity index (χ3n) is 4.77. The topological polar surface area (TPSA) is 119 Å². The molecule has 2 aromatic heterocycles. The Morgan fingerprint density at radius 1 is 1.25 bits per heavy atom. The van der Waals surface area contributed by atoms with Crippen LogP contribution in [0.5, 0.6) is 0 Å². The number of aromatic nitrogens is 4. The number of morpholine rings is 1. The van der Waals surface area contributed by atoms with Gasteiger partial charge >= 0.3 is 0 Å². The van der Waals surface area contributed by atoms with E-state index < -0.39 is 15.3 Å². The number of rotatable bonds is 8. The highest BCUT2D eigenvalue weighted by Gasteiger charge is 2.26. The quantitative estimate of drug-likeness (QED) is 0.472. The van der Waals surface area contributed by atoms with Crippen LogP contribution in [0.3, 0.4) is 0 Å². The lowest BCUT2D eigenvalue weighted by Crippen LogP contribution is -2.40. The summed E-state index contributed by atoms with van der Waals surface area (Å²) < 4.78 is 33.7. The molecule has 0 bridgehead atoms. The second-order valence-corrected chi connectivity index (χ2v) is 11.3. The van der Waals surface area contributed by atoms with Crippen LogP contribution < -0.4 is 5.32 Å². The minimum Gasteiger partial charge on any atom is -0.379 e. The number of carbonyl (C=O) groups excluding carboxylic acids is 1. The number of thioether (sulfide) groups is 1. The molecule has 1 saturated heterocycles. The van der Waals surface area contributed by atoms with Gasteiger partial charge < -0.3 is 10.1 Å². The van der Waals surface area contributed by atoms with Crippen molar-refractivity contribution in [1.29, 1.82) is 0 Å². The monoisotopic (exact) mass is 494 g/mol. The first-order chi connectivity index (χ1) is 15.4. The van der Waals surface area contributed by atoms with E-state index in [-0.39, 0.29) is 10.8 Å². The van der Waals surface area contributed by atoms with Crippen LogP contribution in [0.1, 0.15) is 11.8 Å². The third-order valence-corrected chi connectivity index (χ3v) is 8.61. The summed E-state index contributed by atoms with van der Waals surface area (Å²) in [6, 6.07) is 10.1. The van der Waals surface area contributed by atoms with Crippen LogP contribution in [0.2, 0.25) is 0 Å². The summed E-state index contributed by atoms with van der Waals surface area (Å²) >= 11 is 2.87. The Balaban J connectivity index is 1.36. The fourth-order valence-electron chi connectivity index (χ4n) is 3.03. The lowest BCUT2D eigenvalue weighted by Gasteiger charge is -2.26. The maximum Gasteiger partial charge on any atom is 0.243 e. The van der Waals surface area contributed by atoms with Crippen molar-refractivity contribution in [2.24, 2.45) is 0 Å². The van der Waals surface area contributed by atoms with E-state index in [4.69, 9.17) is 4.74 Å². The Morgan fingerprint density at radius 2 is 2.00 bits per heavy atom. The Kier molecular flexibility index (Phi) is 7.20. The van der Waals surface area contributed by atoms with Gasteiger partial charge in [-0.3, -0.25) is 4.79 Å². The first-order valence-electron chi connectivity index (χ1n) is 9.87. The number of hydrogen-bond acceptors (Lipinski definition) is 9. The second-order valence-electron chi connectivity index (χ2n) is 6.99. The normalized spacial score (nSPS) is 16.0. The summed E-state index contributed by atoms with van der Waals surface area (Å²) in [5.74, 6) is -0.232. The number of tetrazole rings is 1. The molecule has 3 heterocycles. The van der Waals surface area contributed by atoms with Crippen molar-refractivity contribution in [3.63, 3.8) is 0 Å². The number of thiophene rings is 1. The number of benzene rings is 1. The van der Waals surface area contributed by atoms with Crippen molar-refractivity contribution in [2.75, 3.05) is 31.6 Å². The molecule has 1 N–H and O–H groups in total. The van der Waals surface area contributed by atoms with Crippen LogP contribution in [0.4, 0.5) is 5.69 Å². The molecule has 0 radical (unpaired) electrons. The lowest BCUT2D eigenvalue weighted by atomic mass is 10.3. The zero-order valence-electron chi connectivity index (χ0n) is 17.2. The SMILES string of the molecule is C[C@H](Sc1nnnn1Cc1cccs1)C(=O)Nc1ccc(S(=O)(=O)N2CCOCC2)cc1. The number of nitrogens with one attached hydrogen (secondary N) is 1. The van der Waals surface area contributed by atoms with Crippen LogP contribution >= 0.6 is 23.1 Å². The second kappa shape index (κ2) is 10.1. The molecule has 0 unspecified atom stereocenters. The molecule has 3 aromatic rings. The molecule has 0 aliphatic carbocycles. The molecule has 1 aromatic carbocycles. The number of hydrogen-bond donors (Lipinski definition) is 1. The Hall–Kier alpha value is -2.32. The van der Waals surface area contributed by atoms with E-state index in [1.165, 1.54) is 28.2 Å². The van der Waals surface area contributed by atoms with Gasteiger partial charge in [-0.15, -0.1) is 16.4 Å². The van der Waals surface area contributed by atoms with E-state index in [1.807, 2.05) is 17.5 Å². The van der Waals surface area contributed by atoms with Crippen LogP contribution in [0, 0.1) is 0 Å². The summed E-state index contributed by atoms with van der Waals surface area (Å²) in [6.07, 6.45) is 0. The number of anilines is 1. The number of sulfonamides is 1. The zero-order valence-corrected chi connectivity index (χ0v) is 19.7. The first kappa shape index (κ1) is 22.9. The average molecular weight is 495 g/mol. The molecular formula is C19H22N6O4S3. The lowest BCUT2D eigenvalue weighted by molar-refractivity contribution is -0.115. The summed E-state index contributed by atoms with van der Waals surface area (Å²) in [7, 11) is -3.57. The van der Waals surface area contributed by atoms with Crippen LogP contribution in [-0.4, -0.2) is 70.4 Å². The summed E-state index contributed by atoms with van der Waals surface area (Å²) in [5.41, 5.74) is 0.515. The minimum absolute atomic E-state index is 0.188. The van der Waals surface area contributed by atoms with Gasteiger partial charge in [0.15, 0.2) is 0 Å². The minimum atomic E-state index is -3.57. The van der Waals surface area contributed by atoms with Crippen molar-refractivity contribution in [3.05, 3.63) is 46.7 Å². The summed E-state index contributed by atoms with van der Waals surface area (Å²) in [6.45, 7) is 3.75. The van der Waals surface area contributed by atoms with Crippen LogP contribution in [-0.2, 0) is 26.1 Å². The maximum absolute atomic E-state index is 12.7. The molecule has 1 aliphatic rings.